The number of fused-ring (bicyclic) bond motifs is 1. The highest BCUT2D eigenvalue weighted by Gasteiger charge is 2.27. The van der Waals surface area contributed by atoms with Crippen molar-refractivity contribution in [1.82, 2.24) is 25.1 Å². The zero-order valence-electron chi connectivity index (χ0n) is 19.4. The summed E-state index contributed by atoms with van der Waals surface area (Å²) in [6.07, 6.45) is 4.02. The molecule has 1 aromatic carbocycles. The number of carbonyl (C=O) groups is 2. The molecule has 5 heterocycles. The van der Waals surface area contributed by atoms with E-state index in [2.05, 4.69) is 25.5 Å². The Labute approximate surface area is 215 Å². The fourth-order valence-electron chi connectivity index (χ4n) is 4.63. The van der Waals surface area contributed by atoms with Crippen LogP contribution in [0.25, 0.3) is 21.5 Å². The number of nitrogens with zero attached hydrogens (tertiary/aromatic N) is 3. The quantitative estimate of drug-likeness (QED) is 0.286. The van der Waals surface area contributed by atoms with Gasteiger partial charge in [0.05, 0.1) is 22.0 Å². The van der Waals surface area contributed by atoms with Crippen LogP contribution in [0.5, 0.6) is 0 Å². The summed E-state index contributed by atoms with van der Waals surface area (Å²) >= 11 is 3.11. The molecule has 0 aliphatic carbocycles. The Kier molecular flexibility index (Phi) is 6.12. The van der Waals surface area contributed by atoms with E-state index >= 15 is 0 Å². The maximum atomic E-state index is 12.9. The number of hydrogen-bond acceptors (Lipinski definition) is 6. The molecule has 5 aromatic rings. The molecule has 0 unspecified atom stereocenters. The number of rotatable bonds is 6. The lowest BCUT2D eigenvalue weighted by atomic mass is 9.97. The first kappa shape index (κ1) is 22.7. The van der Waals surface area contributed by atoms with Crippen molar-refractivity contribution in [2.24, 2.45) is 0 Å². The maximum Gasteiger partial charge on any atom is 0.276 e. The summed E-state index contributed by atoms with van der Waals surface area (Å²) in [7, 11) is 0. The predicted octanol–water partition coefficient (Wildman–Crippen LogP) is 5.28. The zero-order chi connectivity index (χ0) is 24.5. The van der Waals surface area contributed by atoms with Crippen LogP contribution in [0.4, 0.5) is 5.82 Å². The van der Waals surface area contributed by atoms with Gasteiger partial charge in [-0.15, -0.1) is 22.7 Å². The van der Waals surface area contributed by atoms with Gasteiger partial charge in [0.2, 0.25) is 5.91 Å². The van der Waals surface area contributed by atoms with E-state index in [1.54, 1.807) is 16.7 Å². The van der Waals surface area contributed by atoms with Crippen LogP contribution in [-0.2, 0) is 11.2 Å². The van der Waals surface area contributed by atoms with E-state index in [1.165, 1.54) is 11.3 Å². The first-order valence-corrected chi connectivity index (χ1v) is 13.6. The van der Waals surface area contributed by atoms with Crippen LogP contribution in [0, 0.1) is 0 Å². The molecule has 2 amide bonds. The topological polar surface area (TPSA) is 107 Å². The second kappa shape index (κ2) is 9.71. The van der Waals surface area contributed by atoms with Gasteiger partial charge in [-0.2, -0.15) is 5.10 Å². The number of hydrogen-bond donors (Lipinski definition) is 3. The molecule has 1 aliphatic heterocycles. The first-order valence-electron chi connectivity index (χ1n) is 11.8. The van der Waals surface area contributed by atoms with Crippen molar-refractivity contribution in [3.63, 3.8) is 0 Å². The molecule has 8 nitrogen and oxygen atoms in total. The van der Waals surface area contributed by atoms with Crippen LogP contribution < -0.4 is 5.32 Å². The average molecular weight is 517 g/mol. The fraction of sp³-hybridized carbons (Fsp3) is 0.231. The van der Waals surface area contributed by atoms with Gasteiger partial charge in [-0.1, -0.05) is 24.3 Å². The smallest absolute Gasteiger partial charge is 0.276 e. The summed E-state index contributed by atoms with van der Waals surface area (Å²) in [6, 6.07) is 13.8. The third kappa shape index (κ3) is 4.57. The lowest BCUT2D eigenvalue weighted by Crippen LogP contribution is -2.38. The SMILES string of the molecule is O=C(Nc1cc(-c2cccs2)[nH]n1)c1csc(C2CCN(C(=O)Cc3c[nH]c4ccccc34)CC2)n1. The fourth-order valence-corrected chi connectivity index (χ4v) is 6.30. The average Bonchev–Trinajstić information content (AvgIpc) is 3.71. The summed E-state index contributed by atoms with van der Waals surface area (Å²) in [5.74, 6) is 0.607. The molecular weight excluding hydrogens is 492 g/mol. The highest BCUT2D eigenvalue weighted by molar-refractivity contribution is 7.13. The third-order valence-corrected chi connectivity index (χ3v) is 8.48. The van der Waals surface area contributed by atoms with Crippen molar-refractivity contribution in [1.29, 1.82) is 0 Å². The number of piperidine rings is 1. The van der Waals surface area contributed by atoms with E-state index in [-0.39, 0.29) is 17.7 Å². The number of aromatic amines is 2. The van der Waals surface area contributed by atoms with Crippen molar-refractivity contribution >= 4 is 51.2 Å². The minimum Gasteiger partial charge on any atom is -0.361 e. The molecule has 10 heteroatoms. The van der Waals surface area contributed by atoms with E-state index in [1.807, 2.05) is 58.9 Å². The van der Waals surface area contributed by atoms with Gasteiger partial charge in [-0.05, 0) is 35.9 Å². The standard InChI is InChI=1S/C26H24N6O2S2/c33-24(12-17-14-27-19-5-2-1-4-18(17)19)32-9-7-16(8-10-32)26-28-21(15-36-26)25(34)29-23-13-20(30-31-23)22-6-3-11-35-22/h1-6,11,13-16,27H,7-10,12H2,(H2,29,30,31,34). The molecule has 1 saturated heterocycles. The molecule has 1 fully saturated rings. The van der Waals surface area contributed by atoms with Gasteiger partial charge in [0, 0.05) is 47.6 Å². The third-order valence-electron chi connectivity index (χ3n) is 6.57. The Balaban J connectivity index is 1.04. The Hall–Kier alpha value is -3.76. The van der Waals surface area contributed by atoms with Crippen LogP contribution in [0.3, 0.4) is 0 Å². The van der Waals surface area contributed by atoms with E-state index in [0.717, 1.165) is 44.9 Å². The number of carbonyl (C=O) groups excluding carboxylic acids is 2. The summed E-state index contributed by atoms with van der Waals surface area (Å²) in [6.45, 7) is 1.40. The Morgan fingerprint density at radius 2 is 1.97 bits per heavy atom. The highest BCUT2D eigenvalue weighted by Crippen LogP contribution is 2.31. The number of para-hydroxylation sites is 1. The lowest BCUT2D eigenvalue weighted by Gasteiger charge is -2.31. The zero-order valence-corrected chi connectivity index (χ0v) is 21.0. The van der Waals surface area contributed by atoms with E-state index < -0.39 is 0 Å². The van der Waals surface area contributed by atoms with Gasteiger partial charge in [0.1, 0.15) is 5.69 Å². The number of thiophene rings is 1. The van der Waals surface area contributed by atoms with Crippen molar-refractivity contribution in [3.05, 3.63) is 75.7 Å². The number of anilines is 1. The molecule has 1 aliphatic rings. The normalized spacial score (nSPS) is 14.4. The number of aromatic nitrogens is 4. The highest BCUT2D eigenvalue weighted by atomic mass is 32.1. The van der Waals surface area contributed by atoms with Crippen molar-refractivity contribution in [2.75, 3.05) is 18.4 Å². The van der Waals surface area contributed by atoms with E-state index in [9.17, 15) is 9.59 Å². The minimum atomic E-state index is -0.270. The van der Waals surface area contributed by atoms with Crippen molar-refractivity contribution in [2.45, 2.75) is 25.2 Å². The van der Waals surface area contributed by atoms with Gasteiger partial charge in [-0.3, -0.25) is 14.7 Å². The second-order valence-corrected chi connectivity index (χ2v) is 10.7. The minimum absolute atomic E-state index is 0.151. The van der Waals surface area contributed by atoms with Gasteiger partial charge < -0.3 is 15.2 Å². The molecule has 0 bridgehead atoms. The molecule has 36 heavy (non-hydrogen) atoms. The molecule has 0 radical (unpaired) electrons. The maximum absolute atomic E-state index is 12.9. The number of amides is 2. The number of benzene rings is 1. The molecule has 0 spiro atoms. The predicted molar refractivity (Wildman–Crippen MR) is 143 cm³/mol. The second-order valence-electron chi connectivity index (χ2n) is 8.86. The molecule has 0 atom stereocenters. The number of nitrogens with one attached hydrogen (secondary N) is 3. The van der Waals surface area contributed by atoms with Crippen LogP contribution in [-0.4, -0.2) is 50.0 Å². The molecule has 6 rings (SSSR count). The summed E-state index contributed by atoms with van der Waals surface area (Å²) < 4.78 is 0. The van der Waals surface area contributed by atoms with Gasteiger partial charge in [0.25, 0.3) is 5.91 Å². The largest absolute Gasteiger partial charge is 0.361 e. The summed E-state index contributed by atoms with van der Waals surface area (Å²) in [5.41, 5.74) is 3.35. The molecular formula is C26H24N6O2S2. The lowest BCUT2D eigenvalue weighted by molar-refractivity contribution is -0.131. The van der Waals surface area contributed by atoms with Crippen LogP contribution >= 0.6 is 22.7 Å². The van der Waals surface area contributed by atoms with Crippen LogP contribution in [0.1, 0.15) is 39.8 Å². The van der Waals surface area contributed by atoms with E-state index in [4.69, 9.17) is 0 Å². The molecule has 4 aromatic heterocycles. The first-order chi connectivity index (χ1) is 17.6. The Bertz CT molecular complexity index is 1510. The summed E-state index contributed by atoms with van der Waals surface area (Å²) in [4.78, 5) is 36.5. The number of thiazole rings is 1. The van der Waals surface area contributed by atoms with Gasteiger partial charge in [-0.25, -0.2) is 4.98 Å². The number of H-pyrrole nitrogens is 2. The van der Waals surface area contributed by atoms with E-state index in [0.29, 0.717) is 31.0 Å². The Morgan fingerprint density at radius 3 is 2.81 bits per heavy atom. The van der Waals surface area contributed by atoms with Crippen molar-refractivity contribution in [3.8, 4) is 10.6 Å². The number of likely N-dealkylation sites (tertiary alicyclic amines) is 1. The Morgan fingerprint density at radius 1 is 1.11 bits per heavy atom. The monoisotopic (exact) mass is 516 g/mol. The van der Waals surface area contributed by atoms with Crippen LogP contribution in [0.2, 0.25) is 0 Å². The summed E-state index contributed by atoms with van der Waals surface area (Å²) in [5, 5.41) is 15.8. The molecule has 182 valence electrons. The molecule has 3 N–H and O–H groups in total. The van der Waals surface area contributed by atoms with Crippen LogP contribution in [0.15, 0.2) is 59.4 Å². The van der Waals surface area contributed by atoms with Gasteiger partial charge in [0.15, 0.2) is 5.82 Å². The molecule has 0 saturated carbocycles. The van der Waals surface area contributed by atoms with Gasteiger partial charge >= 0.3 is 0 Å². The van der Waals surface area contributed by atoms with Crippen molar-refractivity contribution < 1.29 is 9.59 Å².